The second kappa shape index (κ2) is 9.06. The largest absolute Gasteiger partial charge is 0.477 e. The number of ether oxygens (including phenoxy) is 2. The van der Waals surface area contributed by atoms with Gasteiger partial charge in [-0.1, -0.05) is 0 Å². The van der Waals surface area contributed by atoms with Crippen molar-refractivity contribution in [1.82, 2.24) is 5.32 Å². The van der Waals surface area contributed by atoms with E-state index in [4.69, 9.17) is 9.47 Å². The first-order chi connectivity index (χ1) is 15.3. The molecule has 1 aliphatic rings. The number of nitro benzene ring substituents is 1. The Morgan fingerprint density at radius 2 is 2.00 bits per heavy atom. The standard InChI is InChI=1S/C22H26FN3O6S/c1-6-31-20(28)17-13-10-21(2,3)25-22(4,5)18(13)33-19(17)24-16(27)11-32-15-9-12(23)7-8-14(15)26(29)30/h7-9,25H,6,10-11H2,1-5H3,(H,24,27). The predicted molar refractivity (Wildman–Crippen MR) is 121 cm³/mol. The lowest BCUT2D eigenvalue weighted by molar-refractivity contribution is -0.385. The number of amides is 1. The number of halogens is 1. The van der Waals surface area contributed by atoms with E-state index in [-0.39, 0.29) is 17.9 Å². The van der Waals surface area contributed by atoms with Crippen molar-refractivity contribution >= 4 is 33.9 Å². The first kappa shape index (κ1) is 24.6. The summed E-state index contributed by atoms with van der Waals surface area (Å²) in [6, 6.07) is 2.74. The van der Waals surface area contributed by atoms with E-state index >= 15 is 0 Å². The van der Waals surface area contributed by atoms with E-state index in [0.29, 0.717) is 17.0 Å². The molecule has 0 spiro atoms. The van der Waals surface area contributed by atoms with E-state index in [2.05, 4.69) is 10.6 Å². The van der Waals surface area contributed by atoms with E-state index in [1.54, 1.807) is 6.92 Å². The first-order valence-corrected chi connectivity index (χ1v) is 11.2. The van der Waals surface area contributed by atoms with Gasteiger partial charge in [-0.25, -0.2) is 9.18 Å². The molecule has 3 rings (SSSR count). The number of esters is 1. The van der Waals surface area contributed by atoms with E-state index in [1.807, 2.05) is 27.7 Å². The van der Waals surface area contributed by atoms with Gasteiger partial charge in [-0.3, -0.25) is 14.9 Å². The Morgan fingerprint density at radius 3 is 2.64 bits per heavy atom. The van der Waals surface area contributed by atoms with Gasteiger partial charge in [0.05, 0.1) is 17.1 Å². The number of nitrogens with one attached hydrogen (secondary N) is 2. The summed E-state index contributed by atoms with van der Waals surface area (Å²) in [5, 5.41) is 17.6. The number of nitro groups is 1. The van der Waals surface area contributed by atoms with Crippen molar-refractivity contribution in [3.63, 3.8) is 0 Å². The molecule has 0 bridgehead atoms. The predicted octanol–water partition coefficient (Wildman–Crippen LogP) is 4.15. The second-order valence-electron chi connectivity index (χ2n) is 8.85. The molecule has 0 aliphatic carbocycles. The van der Waals surface area contributed by atoms with Crippen molar-refractivity contribution < 1.29 is 28.4 Å². The monoisotopic (exact) mass is 479 g/mol. The highest BCUT2D eigenvalue weighted by Gasteiger charge is 2.42. The minimum Gasteiger partial charge on any atom is -0.477 e. The fourth-order valence-electron chi connectivity index (χ4n) is 4.10. The van der Waals surface area contributed by atoms with Gasteiger partial charge < -0.3 is 20.1 Å². The highest BCUT2D eigenvalue weighted by atomic mass is 32.1. The number of rotatable bonds is 7. The van der Waals surface area contributed by atoms with E-state index in [1.165, 1.54) is 11.3 Å². The Kier molecular flexibility index (Phi) is 6.75. The minimum atomic E-state index is -0.733. The van der Waals surface area contributed by atoms with E-state index in [0.717, 1.165) is 28.6 Å². The van der Waals surface area contributed by atoms with Crippen molar-refractivity contribution in [1.29, 1.82) is 0 Å². The van der Waals surface area contributed by atoms with Crippen LogP contribution in [0, 0.1) is 15.9 Å². The van der Waals surface area contributed by atoms with Crippen LogP contribution in [0.3, 0.4) is 0 Å². The molecule has 33 heavy (non-hydrogen) atoms. The number of anilines is 1. The van der Waals surface area contributed by atoms with Crippen molar-refractivity contribution in [2.45, 2.75) is 52.1 Å². The molecule has 0 saturated carbocycles. The van der Waals surface area contributed by atoms with Crippen LogP contribution < -0.4 is 15.4 Å². The zero-order valence-electron chi connectivity index (χ0n) is 19.0. The lowest BCUT2D eigenvalue weighted by Gasteiger charge is -2.42. The molecule has 2 N–H and O–H groups in total. The van der Waals surface area contributed by atoms with Crippen LogP contribution in [0.1, 0.15) is 55.4 Å². The number of hydrogen-bond donors (Lipinski definition) is 2. The fourth-order valence-corrected chi connectivity index (χ4v) is 5.38. The molecule has 0 atom stereocenters. The average molecular weight is 480 g/mol. The fraction of sp³-hybridized carbons (Fsp3) is 0.455. The Bertz CT molecular complexity index is 1110. The maximum absolute atomic E-state index is 13.5. The topological polar surface area (TPSA) is 120 Å². The molecule has 2 aromatic rings. The normalized spacial score (nSPS) is 15.9. The highest BCUT2D eigenvalue weighted by Crippen LogP contribution is 2.45. The zero-order chi connectivity index (χ0) is 24.6. The van der Waals surface area contributed by atoms with Crippen LogP contribution in [0.15, 0.2) is 18.2 Å². The van der Waals surface area contributed by atoms with Gasteiger partial charge in [-0.05, 0) is 52.7 Å². The number of nitrogens with zero attached hydrogens (tertiary/aromatic N) is 1. The average Bonchev–Trinajstić information content (AvgIpc) is 3.03. The molecular weight excluding hydrogens is 453 g/mol. The maximum atomic E-state index is 13.5. The third kappa shape index (κ3) is 5.31. The Morgan fingerprint density at radius 1 is 1.30 bits per heavy atom. The molecule has 0 unspecified atom stereocenters. The van der Waals surface area contributed by atoms with Gasteiger partial charge >= 0.3 is 11.7 Å². The molecule has 0 fully saturated rings. The van der Waals surface area contributed by atoms with Crippen LogP contribution in [0.5, 0.6) is 5.75 Å². The van der Waals surface area contributed by atoms with E-state index in [9.17, 15) is 24.1 Å². The lowest BCUT2D eigenvalue weighted by Crippen LogP contribution is -2.55. The van der Waals surface area contributed by atoms with Crippen molar-refractivity contribution in [2.75, 3.05) is 18.5 Å². The summed E-state index contributed by atoms with van der Waals surface area (Å²) in [7, 11) is 0. The molecule has 0 saturated heterocycles. The summed E-state index contributed by atoms with van der Waals surface area (Å²) in [4.78, 5) is 36.7. The van der Waals surface area contributed by atoms with Gasteiger partial charge in [0.2, 0.25) is 5.75 Å². The molecule has 9 nitrogen and oxygen atoms in total. The summed E-state index contributed by atoms with van der Waals surface area (Å²) in [6.07, 6.45) is 0.554. The lowest BCUT2D eigenvalue weighted by atomic mass is 9.81. The molecule has 1 aromatic heterocycles. The van der Waals surface area contributed by atoms with Crippen LogP contribution >= 0.6 is 11.3 Å². The maximum Gasteiger partial charge on any atom is 0.341 e. The first-order valence-electron chi connectivity index (χ1n) is 10.3. The van der Waals surface area contributed by atoms with E-state index < -0.39 is 40.5 Å². The van der Waals surface area contributed by atoms with Gasteiger partial charge in [-0.15, -0.1) is 11.3 Å². The quantitative estimate of drug-likeness (QED) is 0.348. The molecule has 2 heterocycles. The second-order valence-corrected chi connectivity index (χ2v) is 9.87. The number of carbonyl (C=O) groups excluding carboxylic acids is 2. The Labute approximate surface area is 194 Å². The van der Waals surface area contributed by atoms with Gasteiger partial charge in [-0.2, -0.15) is 0 Å². The molecule has 1 aliphatic heterocycles. The van der Waals surface area contributed by atoms with Crippen LogP contribution in [-0.4, -0.2) is 35.6 Å². The molecule has 1 aromatic carbocycles. The molecular formula is C22H26FN3O6S. The third-order valence-electron chi connectivity index (χ3n) is 5.05. The summed E-state index contributed by atoms with van der Waals surface area (Å²) in [6.45, 7) is 9.32. The van der Waals surface area contributed by atoms with Crippen LogP contribution in [0.25, 0.3) is 0 Å². The number of carbonyl (C=O) groups is 2. The SMILES string of the molecule is CCOC(=O)c1c(NC(=O)COc2cc(F)ccc2[N+](=O)[O-])sc2c1CC(C)(C)NC2(C)C. The van der Waals surface area contributed by atoms with Crippen LogP contribution in [0.4, 0.5) is 15.1 Å². The van der Waals surface area contributed by atoms with Crippen LogP contribution in [-0.2, 0) is 21.5 Å². The number of thiophene rings is 1. The summed E-state index contributed by atoms with van der Waals surface area (Å²) in [5.41, 5.74) is -0.101. The molecule has 0 radical (unpaired) electrons. The summed E-state index contributed by atoms with van der Waals surface area (Å²) < 4.78 is 24.0. The van der Waals surface area contributed by atoms with Crippen LogP contribution in [0.2, 0.25) is 0 Å². The highest BCUT2D eigenvalue weighted by molar-refractivity contribution is 7.17. The summed E-state index contributed by atoms with van der Waals surface area (Å²) >= 11 is 1.27. The van der Waals surface area contributed by atoms with Gasteiger partial charge in [0.1, 0.15) is 10.8 Å². The van der Waals surface area contributed by atoms with Gasteiger partial charge in [0, 0.05) is 28.1 Å². The smallest absolute Gasteiger partial charge is 0.341 e. The number of benzene rings is 1. The Hall–Kier alpha value is -3.05. The molecule has 11 heteroatoms. The van der Waals surface area contributed by atoms with Gasteiger partial charge in [0.25, 0.3) is 5.91 Å². The third-order valence-corrected chi connectivity index (χ3v) is 6.53. The van der Waals surface area contributed by atoms with Crippen molar-refractivity contribution in [3.8, 4) is 5.75 Å². The molecule has 178 valence electrons. The van der Waals surface area contributed by atoms with Crippen molar-refractivity contribution in [2.24, 2.45) is 0 Å². The Balaban J connectivity index is 1.89. The number of hydrogen-bond acceptors (Lipinski definition) is 8. The number of fused-ring (bicyclic) bond motifs is 1. The van der Waals surface area contributed by atoms with Gasteiger partial charge in [0.15, 0.2) is 6.61 Å². The minimum absolute atomic E-state index is 0.175. The summed E-state index contributed by atoms with van der Waals surface area (Å²) in [5.74, 6) is -2.29. The van der Waals surface area contributed by atoms with Crippen molar-refractivity contribution in [3.05, 3.63) is 50.1 Å². The zero-order valence-corrected chi connectivity index (χ0v) is 19.9. The molecule has 1 amide bonds.